The van der Waals surface area contributed by atoms with Gasteiger partial charge in [0.25, 0.3) is 0 Å². The molecule has 0 atom stereocenters. The normalized spacial score (nSPS) is 10.9. The SMILES string of the molecule is NCCSCCCOCc1ccc(OCCCSCCN)cc1. The number of nitrogens with two attached hydrogens (primary N) is 2. The molecule has 0 aliphatic rings. The monoisotopic (exact) mass is 358 g/mol. The number of benzene rings is 1. The highest BCUT2D eigenvalue weighted by molar-refractivity contribution is 7.99. The van der Waals surface area contributed by atoms with Crippen LogP contribution in [-0.2, 0) is 11.3 Å². The van der Waals surface area contributed by atoms with Crippen molar-refractivity contribution in [2.45, 2.75) is 19.4 Å². The second-order valence-corrected chi connectivity index (χ2v) is 7.50. The lowest BCUT2D eigenvalue weighted by Gasteiger charge is -2.08. The third-order valence-corrected chi connectivity index (χ3v) is 5.20. The Morgan fingerprint density at radius 1 is 0.783 bits per heavy atom. The quantitative estimate of drug-likeness (QED) is 0.470. The van der Waals surface area contributed by atoms with Crippen molar-refractivity contribution in [3.05, 3.63) is 29.8 Å². The minimum Gasteiger partial charge on any atom is -0.494 e. The van der Waals surface area contributed by atoms with Crippen LogP contribution >= 0.6 is 23.5 Å². The van der Waals surface area contributed by atoms with Gasteiger partial charge in [-0.15, -0.1) is 0 Å². The predicted molar refractivity (Wildman–Crippen MR) is 104 cm³/mol. The minimum atomic E-state index is 0.664. The molecule has 0 aliphatic carbocycles. The zero-order valence-electron chi connectivity index (χ0n) is 13.9. The molecule has 0 unspecified atom stereocenters. The molecule has 0 heterocycles. The zero-order chi connectivity index (χ0) is 16.6. The molecule has 4 N–H and O–H groups in total. The van der Waals surface area contributed by atoms with Crippen molar-refractivity contribution in [3.8, 4) is 5.75 Å². The lowest BCUT2D eigenvalue weighted by atomic mass is 10.2. The number of ether oxygens (including phenoxy) is 2. The molecule has 0 radical (unpaired) electrons. The summed E-state index contributed by atoms with van der Waals surface area (Å²) in [6.45, 7) is 3.73. The van der Waals surface area contributed by atoms with Crippen LogP contribution in [0.1, 0.15) is 18.4 Å². The van der Waals surface area contributed by atoms with E-state index in [2.05, 4.69) is 12.1 Å². The fourth-order valence-electron chi connectivity index (χ4n) is 1.86. The summed E-state index contributed by atoms with van der Waals surface area (Å²) in [5.74, 6) is 5.21. The summed E-state index contributed by atoms with van der Waals surface area (Å²) < 4.78 is 11.4. The van der Waals surface area contributed by atoms with E-state index in [0.29, 0.717) is 6.61 Å². The molecule has 0 saturated carbocycles. The first kappa shape index (κ1) is 20.6. The van der Waals surface area contributed by atoms with E-state index in [9.17, 15) is 0 Å². The molecule has 0 saturated heterocycles. The van der Waals surface area contributed by atoms with E-state index in [1.165, 1.54) is 5.56 Å². The molecule has 0 spiro atoms. The van der Waals surface area contributed by atoms with Gasteiger partial charge in [-0.25, -0.2) is 0 Å². The third kappa shape index (κ3) is 11.7. The first-order valence-corrected chi connectivity index (χ1v) is 10.5. The average Bonchev–Trinajstić information content (AvgIpc) is 2.58. The Labute approximate surface area is 149 Å². The number of rotatable bonds is 15. The van der Waals surface area contributed by atoms with Crippen LogP contribution in [0.4, 0.5) is 0 Å². The molecule has 1 aromatic rings. The van der Waals surface area contributed by atoms with Crippen LogP contribution in [0.3, 0.4) is 0 Å². The van der Waals surface area contributed by atoms with Crippen molar-refractivity contribution in [1.29, 1.82) is 0 Å². The maximum absolute atomic E-state index is 5.72. The van der Waals surface area contributed by atoms with Crippen LogP contribution in [0, 0.1) is 0 Å². The van der Waals surface area contributed by atoms with Gasteiger partial charge in [0.05, 0.1) is 13.2 Å². The Morgan fingerprint density at radius 3 is 2.00 bits per heavy atom. The van der Waals surface area contributed by atoms with Gasteiger partial charge < -0.3 is 20.9 Å². The summed E-state index contributed by atoms with van der Waals surface area (Å²) in [5.41, 5.74) is 12.1. The number of hydrogen-bond acceptors (Lipinski definition) is 6. The fourth-order valence-corrected chi connectivity index (χ4v) is 3.24. The van der Waals surface area contributed by atoms with E-state index >= 15 is 0 Å². The molecule has 4 nitrogen and oxygen atoms in total. The fraction of sp³-hybridized carbons (Fsp3) is 0.647. The van der Waals surface area contributed by atoms with Crippen LogP contribution in [0.2, 0.25) is 0 Å². The van der Waals surface area contributed by atoms with Crippen LogP contribution < -0.4 is 16.2 Å². The van der Waals surface area contributed by atoms with Crippen molar-refractivity contribution in [2.75, 3.05) is 49.3 Å². The van der Waals surface area contributed by atoms with Crippen molar-refractivity contribution in [1.82, 2.24) is 0 Å². The highest BCUT2D eigenvalue weighted by Crippen LogP contribution is 2.14. The molecule has 0 amide bonds. The van der Waals surface area contributed by atoms with E-state index in [1.54, 1.807) is 0 Å². The Morgan fingerprint density at radius 2 is 1.39 bits per heavy atom. The van der Waals surface area contributed by atoms with Gasteiger partial charge in [-0.2, -0.15) is 23.5 Å². The van der Waals surface area contributed by atoms with E-state index in [-0.39, 0.29) is 0 Å². The van der Waals surface area contributed by atoms with Crippen LogP contribution in [0.5, 0.6) is 5.75 Å². The van der Waals surface area contributed by atoms with E-state index in [0.717, 1.165) is 67.9 Å². The Balaban J connectivity index is 2.04. The van der Waals surface area contributed by atoms with Crippen LogP contribution in [0.25, 0.3) is 0 Å². The second kappa shape index (κ2) is 15.1. The molecular formula is C17H30N2O2S2. The topological polar surface area (TPSA) is 70.5 Å². The van der Waals surface area contributed by atoms with Gasteiger partial charge in [-0.3, -0.25) is 0 Å². The maximum atomic E-state index is 5.72. The maximum Gasteiger partial charge on any atom is 0.119 e. The summed E-state index contributed by atoms with van der Waals surface area (Å²) in [6.07, 6.45) is 2.13. The summed E-state index contributed by atoms with van der Waals surface area (Å²) in [7, 11) is 0. The Kier molecular flexibility index (Phi) is 13.6. The molecule has 0 bridgehead atoms. The van der Waals surface area contributed by atoms with Gasteiger partial charge in [-0.1, -0.05) is 12.1 Å². The van der Waals surface area contributed by atoms with E-state index < -0.39 is 0 Å². The van der Waals surface area contributed by atoms with E-state index in [4.69, 9.17) is 20.9 Å². The van der Waals surface area contributed by atoms with Crippen LogP contribution in [0.15, 0.2) is 24.3 Å². The zero-order valence-corrected chi connectivity index (χ0v) is 15.5. The highest BCUT2D eigenvalue weighted by atomic mass is 32.2. The molecule has 1 rings (SSSR count). The molecule has 1 aromatic carbocycles. The molecule has 23 heavy (non-hydrogen) atoms. The van der Waals surface area contributed by atoms with E-state index in [1.807, 2.05) is 35.7 Å². The third-order valence-electron chi connectivity index (χ3n) is 3.00. The Bertz CT molecular complexity index is 377. The second-order valence-electron chi connectivity index (χ2n) is 5.05. The lowest BCUT2D eigenvalue weighted by molar-refractivity contribution is 0.122. The average molecular weight is 359 g/mol. The number of hydrogen-bond donors (Lipinski definition) is 2. The summed E-state index contributed by atoms with van der Waals surface area (Å²) >= 11 is 3.76. The van der Waals surface area contributed by atoms with Crippen molar-refractivity contribution in [3.63, 3.8) is 0 Å². The molecular weight excluding hydrogens is 328 g/mol. The molecule has 0 fully saturated rings. The molecule has 132 valence electrons. The van der Waals surface area contributed by atoms with Gasteiger partial charge >= 0.3 is 0 Å². The minimum absolute atomic E-state index is 0.664. The summed E-state index contributed by atoms with van der Waals surface area (Å²) in [4.78, 5) is 0. The summed E-state index contributed by atoms with van der Waals surface area (Å²) in [6, 6.07) is 8.18. The Hall–Kier alpha value is -0.400. The smallest absolute Gasteiger partial charge is 0.119 e. The van der Waals surface area contributed by atoms with Gasteiger partial charge in [0.2, 0.25) is 0 Å². The van der Waals surface area contributed by atoms with Gasteiger partial charge in [0, 0.05) is 31.2 Å². The largest absolute Gasteiger partial charge is 0.494 e. The summed E-state index contributed by atoms with van der Waals surface area (Å²) in [5, 5.41) is 0. The standard InChI is InChI=1S/C17H30N2O2S2/c18-7-13-22-11-1-9-20-15-16-3-5-17(6-4-16)21-10-2-12-23-14-8-19/h3-6H,1-2,7-15,18-19H2. The molecule has 0 aliphatic heterocycles. The molecule has 0 aromatic heterocycles. The lowest BCUT2D eigenvalue weighted by Crippen LogP contribution is -2.04. The van der Waals surface area contributed by atoms with Crippen molar-refractivity contribution >= 4 is 23.5 Å². The predicted octanol–water partition coefficient (Wildman–Crippen LogP) is 2.75. The van der Waals surface area contributed by atoms with Crippen molar-refractivity contribution in [2.24, 2.45) is 11.5 Å². The number of thioether (sulfide) groups is 2. The highest BCUT2D eigenvalue weighted by Gasteiger charge is 1.97. The van der Waals surface area contributed by atoms with Gasteiger partial charge in [-0.05, 0) is 42.0 Å². The first-order valence-electron chi connectivity index (χ1n) is 8.22. The first-order chi connectivity index (χ1) is 11.4. The van der Waals surface area contributed by atoms with Crippen molar-refractivity contribution < 1.29 is 9.47 Å². The molecule has 6 heteroatoms. The van der Waals surface area contributed by atoms with Gasteiger partial charge in [0.1, 0.15) is 5.75 Å². The van der Waals surface area contributed by atoms with Crippen LogP contribution in [-0.4, -0.2) is 49.3 Å². The van der Waals surface area contributed by atoms with Gasteiger partial charge in [0.15, 0.2) is 0 Å².